The first kappa shape index (κ1) is 30.3. The second-order valence-electron chi connectivity index (χ2n) is 14.3. The SMILES string of the molecule is CC1(C)c2ccccc2-c2cc3c4ccccc4n(-c4ccc5c6c(c7ccc(-c8ccccc8)cc7c5c4)C(F)(F)C(F)(F)C6(F)F)c3cc21. The van der Waals surface area contributed by atoms with E-state index in [4.69, 9.17) is 0 Å². The maximum absolute atomic E-state index is 15.7. The molecule has 1 nitrogen and oxygen atoms in total. The molecule has 1 aromatic heterocycles. The third kappa shape index (κ3) is 3.63. The Labute approximate surface area is 288 Å². The number of fused-ring (bicyclic) bond motifs is 12. The van der Waals surface area contributed by atoms with Crippen molar-refractivity contribution < 1.29 is 26.3 Å². The molecule has 7 heteroatoms. The largest absolute Gasteiger partial charge is 0.380 e. The minimum absolute atomic E-state index is 0.187. The molecule has 0 fully saturated rings. The van der Waals surface area contributed by atoms with Crippen molar-refractivity contribution in [2.24, 2.45) is 0 Å². The molecule has 0 saturated heterocycles. The molecule has 7 aromatic carbocycles. The van der Waals surface area contributed by atoms with Gasteiger partial charge in [-0.3, -0.25) is 0 Å². The van der Waals surface area contributed by atoms with E-state index in [1.807, 2.05) is 71.3 Å². The van der Waals surface area contributed by atoms with Gasteiger partial charge in [-0.1, -0.05) is 105 Å². The first-order valence-electron chi connectivity index (χ1n) is 16.8. The van der Waals surface area contributed by atoms with Crippen LogP contribution in [0.15, 0.2) is 127 Å². The van der Waals surface area contributed by atoms with E-state index in [9.17, 15) is 0 Å². The summed E-state index contributed by atoms with van der Waals surface area (Å²) in [5.41, 5.74) is 5.49. The van der Waals surface area contributed by atoms with Gasteiger partial charge in [0.25, 0.3) is 0 Å². The lowest BCUT2D eigenvalue weighted by molar-refractivity contribution is -0.301. The maximum Gasteiger partial charge on any atom is 0.380 e. The molecule has 0 saturated carbocycles. The van der Waals surface area contributed by atoms with Crippen LogP contribution >= 0.6 is 0 Å². The molecule has 1 heterocycles. The van der Waals surface area contributed by atoms with Gasteiger partial charge in [0, 0.05) is 33.0 Å². The topological polar surface area (TPSA) is 4.93 Å². The highest BCUT2D eigenvalue weighted by Crippen LogP contribution is 2.66. The van der Waals surface area contributed by atoms with Gasteiger partial charge in [-0.15, -0.1) is 0 Å². The summed E-state index contributed by atoms with van der Waals surface area (Å²) in [7, 11) is 0. The number of benzene rings is 7. The van der Waals surface area contributed by atoms with Crippen LogP contribution in [0.1, 0.15) is 36.1 Å². The zero-order valence-corrected chi connectivity index (χ0v) is 27.3. The van der Waals surface area contributed by atoms with E-state index in [0.717, 1.165) is 38.5 Å². The van der Waals surface area contributed by atoms with Crippen molar-refractivity contribution in [2.75, 3.05) is 0 Å². The van der Waals surface area contributed by atoms with E-state index >= 15 is 26.3 Å². The van der Waals surface area contributed by atoms with Gasteiger partial charge < -0.3 is 4.57 Å². The van der Waals surface area contributed by atoms with Crippen molar-refractivity contribution in [2.45, 2.75) is 37.0 Å². The van der Waals surface area contributed by atoms with Crippen molar-refractivity contribution in [3.63, 3.8) is 0 Å². The van der Waals surface area contributed by atoms with Gasteiger partial charge in [0.1, 0.15) is 0 Å². The monoisotopic (exact) mass is 683 g/mol. The standard InChI is InChI=1S/C44H27F6N/c1-41(2)35-14-8-6-12-27(35)33-22-34-28-13-7-9-15-37(28)51(38(34)23-36(33)41)26-17-19-30-32(21-26)31-20-25(24-10-4-3-5-11-24)16-18-29(31)39-40(30)43(47,48)44(49,50)42(39,45)46/h3-23H,1-2H3. The third-order valence-corrected chi connectivity index (χ3v) is 11.3. The Morgan fingerprint density at radius 3 is 1.80 bits per heavy atom. The smallest absolute Gasteiger partial charge is 0.309 e. The maximum atomic E-state index is 15.7. The molecule has 2 aliphatic carbocycles. The molecule has 250 valence electrons. The summed E-state index contributed by atoms with van der Waals surface area (Å²) >= 11 is 0. The fourth-order valence-corrected chi connectivity index (χ4v) is 8.78. The van der Waals surface area contributed by atoms with Gasteiger partial charge in [0.05, 0.1) is 11.0 Å². The Hall–Kier alpha value is -5.56. The predicted octanol–water partition coefficient (Wildman–Crippen LogP) is 12.9. The van der Waals surface area contributed by atoms with Crippen molar-refractivity contribution in [3.8, 4) is 27.9 Å². The van der Waals surface area contributed by atoms with E-state index in [1.165, 1.54) is 29.3 Å². The van der Waals surface area contributed by atoms with Gasteiger partial charge >= 0.3 is 17.8 Å². The molecule has 0 N–H and O–H groups in total. The number of nitrogens with zero attached hydrogens (tertiary/aromatic N) is 1. The van der Waals surface area contributed by atoms with Crippen LogP contribution < -0.4 is 0 Å². The Morgan fingerprint density at radius 2 is 1.06 bits per heavy atom. The quantitative estimate of drug-likeness (QED) is 0.126. The number of halogens is 6. The van der Waals surface area contributed by atoms with E-state index in [-0.39, 0.29) is 27.0 Å². The summed E-state index contributed by atoms with van der Waals surface area (Å²) in [4.78, 5) is 0. The highest BCUT2D eigenvalue weighted by Gasteiger charge is 2.80. The lowest BCUT2D eigenvalue weighted by atomic mass is 9.82. The lowest BCUT2D eigenvalue weighted by Crippen LogP contribution is -2.43. The van der Waals surface area contributed by atoms with Crippen LogP contribution in [0, 0.1) is 0 Å². The fraction of sp³-hybridized carbons (Fsp3) is 0.136. The van der Waals surface area contributed by atoms with Crippen LogP contribution in [-0.4, -0.2) is 10.5 Å². The molecule has 0 radical (unpaired) electrons. The molecule has 10 rings (SSSR count). The molecule has 0 spiro atoms. The summed E-state index contributed by atoms with van der Waals surface area (Å²) in [5, 5.41) is 1.70. The second-order valence-corrected chi connectivity index (χ2v) is 14.3. The number of alkyl halides is 6. The number of aromatic nitrogens is 1. The number of hydrogen-bond acceptors (Lipinski definition) is 0. The Balaban J connectivity index is 1.32. The fourth-order valence-electron chi connectivity index (χ4n) is 8.78. The van der Waals surface area contributed by atoms with Gasteiger partial charge in [0.15, 0.2) is 0 Å². The van der Waals surface area contributed by atoms with Gasteiger partial charge in [0.2, 0.25) is 0 Å². The van der Waals surface area contributed by atoms with Crippen molar-refractivity contribution in [1.29, 1.82) is 0 Å². The average Bonchev–Trinajstić information content (AvgIpc) is 3.61. The van der Waals surface area contributed by atoms with Gasteiger partial charge in [-0.2, -0.15) is 26.3 Å². The third-order valence-electron chi connectivity index (χ3n) is 11.3. The molecule has 0 unspecified atom stereocenters. The van der Waals surface area contributed by atoms with Crippen LogP contribution in [0.3, 0.4) is 0 Å². The molecule has 2 aliphatic rings. The summed E-state index contributed by atoms with van der Waals surface area (Å²) in [6, 6.07) is 38.8. The van der Waals surface area contributed by atoms with E-state index in [1.54, 1.807) is 18.2 Å². The molecule has 0 amide bonds. The van der Waals surface area contributed by atoms with Crippen LogP contribution in [0.4, 0.5) is 26.3 Å². The molecule has 0 bridgehead atoms. The van der Waals surface area contributed by atoms with Crippen LogP contribution in [0.25, 0.3) is 71.3 Å². The molecule has 0 atom stereocenters. The highest BCUT2D eigenvalue weighted by atomic mass is 19.3. The molecule has 51 heavy (non-hydrogen) atoms. The zero-order valence-electron chi connectivity index (χ0n) is 27.3. The van der Waals surface area contributed by atoms with Crippen LogP contribution in [-0.2, 0) is 17.3 Å². The summed E-state index contributed by atoms with van der Waals surface area (Å²) in [5.74, 6) is -15.8. The van der Waals surface area contributed by atoms with Gasteiger partial charge in [-0.05, 0) is 91.3 Å². The summed E-state index contributed by atoms with van der Waals surface area (Å²) in [6.45, 7) is 4.38. The minimum Gasteiger partial charge on any atom is -0.309 e. The average molecular weight is 684 g/mol. The molecule has 0 aliphatic heterocycles. The summed E-state index contributed by atoms with van der Waals surface area (Å²) in [6.07, 6.45) is 0. The number of hydrogen-bond donors (Lipinski definition) is 0. The normalized spacial score (nSPS) is 17.6. The highest BCUT2D eigenvalue weighted by molar-refractivity contribution is 6.15. The van der Waals surface area contributed by atoms with Crippen molar-refractivity contribution >= 4 is 43.4 Å². The van der Waals surface area contributed by atoms with Crippen LogP contribution in [0.2, 0.25) is 0 Å². The van der Waals surface area contributed by atoms with E-state index in [0.29, 0.717) is 11.3 Å². The Morgan fingerprint density at radius 1 is 0.431 bits per heavy atom. The Bertz CT molecular complexity index is 2810. The summed E-state index contributed by atoms with van der Waals surface area (Å²) < 4.78 is 94.8. The number of para-hydroxylation sites is 1. The van der Waals surface area contributed by atoms with Crippen molar-refractivity contribution in [3.05, 3.63) is 150 Å². The zero-order chi connectivity index (χ0) is 35.2. The lowest BCUT2D eigenvalue weighted by Gasteiger charge is -2.23. The molecular formula is C44H27F6N. The molecule has 8 aromatic rings. The first-order valence-corrected chi connectivity index (χ1v) is 16.8. The van der Waals surface area contributed by atoms with Crippen LogP contribution in [0.5, 0.6) is 0 Å². The minimum atomic E-state index is -5.61. The first-order chi connectivity index (χ1) is 24.3. The molecular weight excluding hydrogens is 656 g/mol. The van der Waals surface area contributed by atoms with E-state index < -0.39 is 28.9 Å². The number of rotatable bonds is 2. The van der Waals surface area contributed by atoms with E-state index in [2.05, 4.69) is 38.1 Å². The predicted molar refractivity (Wildman–Crippen MR) is 192 cm³/mol. The van der Waals surface area contributed by atoms with Gasteiger partial charge in [-0.25, -0.2) is 0 Å². The second kappa shape index (κ2) is 9.60. The Kier molecular flexibility index (Phi) is 5.70. The van der Waals surface area contributed by atoms with Crippen molar-refractivity contribution in [1.82, 2.24) is 4.57 Å².